The topological polar surface area (TPSA) is 51.2 Å². The maximum atomic E-state index is 12.0. The van der Waals surface area contributed by atoms with Gasteiger partial charge in [0.25, 0.3) is 0 Å². The Hall–Kier alpha value is -0.810. The van der Waals surface area contributed by atoms with E-state index in [-0.39, 0.29) is 16.3 Å². The van der Waals surface area contributed by atoms with E-state index in [2.05, 4.69) is 0 Å². The summed E-state index contributed by atoms with van der Waals surface area (Å²) < 4.78 is 23.2. The molecule has 5 heteroatoms. The number of benzene rings is 1. The quantitative estimate of drug-likeness (QED) is 0.791. The van der Waals surface area contributed by atoms with Crippen molar-refractivity contribution in [2.75, 3.05) is 11.5 Å². The van der Waals surface area contributed by atoms with Crippen LogP contribution in [0.5, 0.6) is 0 Å². The van der Waals surface area contributed by atoms with Gasteiger partial charge in [0.15, 0.2) is 5.78 Å². The predicted octanol–water partition coefficient (Wildman–Crippen LogP) is 1.73. The van der Waals surface area contributed by atoms with Crippen molar-refractivity contribution >= 4 is 27.4 Å². The van der Waals surface area contributed by atoms with Gasteiger partial charge in [-0.3, -0.25) is 13.2 Å². The molecule has 0 N–H and O–H groups in total. The van der Waals surface area contributed by atoms with E-state index in [1.165, 1.54) is 0 Å². The van der Waals surface area contributed by atoms with Gasteiger partial charge in [0.1, 0.15) is 4.58 Å². The van der Waals surface area contributed by atoms with Crippen LogP contribution in [0.15, 0.2) is 30.3 Å². The molecule has 0 spiro atoms. The zero-order chi connectivity index (χ0) is 13.1. The summed E-state index contributed by atoms with van der Waals surface area (Å²) >= 11 is 0. The van der Waals surface area contributed by atoms with Crippen molar-refractivity contribution < 1.29 is 13.2 Å². The second-order valence-corrected chi connectivity index (χ2v) is 8.16. The highest BCUT2D eigenvalue weighted by atomic mass is 32.3. The standard InChI is InChI=1S/C13H16O3S2/c1-10(13-17(15)7-8-18(13)16)9-12(14)11-5-3-2-4-6-11/h2-6,10,13H,7-9H2,1H3/t10-,17+,18+/m0/s1. The van der Waals surface area contributed by atoms with Crippen LogP contribution in [0.1, 0.15) is 23.7 Å². The molecule has 2 rings (SSSR count). The van der Waals surface area contributed by atoms with E-state index in [0.29, 0.717) is 23.5 Å². The third-order valence-corrected chi connectivity index (χ3v) is 7.80. The third kappa shape index (κ3) is 2.95. The normalized spacial score (nSPS) is 26.1. The molecular weight excluding hydrogens is 268 g/mol. The van der Waals surface area contributed by atoms with Crippen LogP contribution in [-0.2, 0) is 21.6 Å². The van der Waals surface area contributed by atoms with Gasteiger partial charge in [-0.25, -0.2) is 0 Å². The molecule has 1 heterocycles. The number of hydrogen-bond acceptors (Lipinski definition) is 3. The molecule has 1 aromatic rings. The van der Waals surface area contributed by atoms with Crippen LogP contribution in [0.4, 0.5) is 0 Å². The fourth-order valence-electron chi connectivity index (χ4n) is 2.17. The summed E-state index contributed by atoms with van der Waals surface area (Å²) in [7, 11) is -2.09. The Bertz CT molecular complexity index is 468. The van der Waals surface area contributed by atoms with Gasteiger partial charge in [0, 0.05) is 45.1 Å². The zero-order valence-corrected chi connectivity index (χ0v) is 11.8. The first kappa shape index (κ1) is 13.6. The van der Waals surface area contributed by atoms with Crippen molar-refractivity contribution in [1.29, 1.82) is 0 Å². The van der Waals surface area contributed by atoms with E-state index in [1.54, 1.807) is 12.1 Å². The number of rotatable bonds is 4. The summed E-state index contributed by atoms with van der Waals surface area (Å²) in [6, 6.07) is 9.06. The maximum absolute atomic E-state index is 12.0. The third-order valence-electron chi connectivity index (χ3n) is 3.07. The first-order valence-electron chi connectivity index (χ1n) is 5.92. The Morgan fingerprint density at radius 3 is 2.33 bits per heavy atom. The number of carbonyl (C=O) groups is 1. The van der Waals surface area contributed by atoms with Crippen LogP contribution in [0.2, 0.25) is 0 Å². The lowest BCUT2D eigenvalue weighted by molar-refractivity contribution is 0.0967. The van der Waals surface area contributed by atoms with Crippen molar-refractivity contribution in [1.82, 2.24) is 0 Å². The fourth-order valence-corrected chi connectivity index (χ4v) is 6.71. The molecule has 1 aromatic carbocycles. The summed E-state index contributed by atoms with van der Waals surface area (Å²) in [5.41, 5.74) is 0.666. The van der Waals surface area contributed by atoms with Crippen molar-refractivity contribution in [3.05, 3.63) is 35.9 Å². The van der Waals surface area contributed by atoms with Gasteiger partial charge in [-0.2, -0.15) is 0 Å². The number of ketones is 1. The summed E-state index contributed by atoms with van der Waals surface area (Å²) in [5.74, 6) is 0.938. The first-order chi connectivity index (χ1) is 8.59. The van der Waals surface area contributed by atoms with Crippen LogP contribution in [0.3, 0.4) is 0 Å². The van der Waals surface area contributed by atoms with Gasteiger partial charge in [-0.15, -0.1) is 0 Å². The van der Waals surface area contributed by atoms with Crippen LogP contribution in [-0.4, -0.2) is 30.3 Å². The summed E-state index contributed by atoms with van der Waals surface area (Å²) in [5, 5.41) is 0. The molecule has 3 atom stereocenters. The average molecular weight is 284 g/mol. The first-order valence-corrected chi connectivity index (χ1v) is 8.68. The lowest BCUT2D eigenvalue weighted by atomic mass is 10.0. The Labute approximate surface area is 112 Å². The van der Waals surface area contributed by atoms with E-state index in [4.69, 9.17) is 0 Å². The monoisotopic (exact) mass is 284 g/mol. The molecule has 0 bridgehead atoms. The molecule has 0 aliphatic carbocycles. The van der Waals surface area contributed by atoms with Crippen LogP contribution >= 0.6 is 0 Å². The maximum Gasteiger partial charge on any atom is 0.163 e. The zero-order valence-electron chi connectivity index (χ0n) is 10.2. The Balaban J connectivity index is 2.04. The molecule has 1 saturated heterocycles. The second kappa shape index (κ2) is 5.89. The molecule has 3 nitrogen and oxygen atoms in total. The van der Waals surface area contributed by atoms with Gasteiger partial charge in [0.2, 0.25) is 0 Å². The molecule has 1 fully saturated rings. The van der Waals surface area contributed by atoms with E-state index < -0.39 is 21.6 Å². The smallest absolute Gasteiger partial charge is 0.163 e. The summed E-state index contributed by atoms with van der Waals surface area (Å²) in [4.78, 5) is 12.0. The Kier molecular flexibility index (Phi) is 4.45. The van der Waals surface area contributed by atoms with Gasteiger partial charge in [0.05, 0.1) is 0 Å². The van der Waals surface area contributed by atoms with Crippen molar-refractivity contribution in [2.24, 2.45) is 5.92 Å². The minimum Gasteiger partial charge on any atom is -0.294 e. The molecule has 0 saturated carbocycles. The second-order valence-electron chi connectivity index (χ2n) is 4.51. The fraction of sp³-hybridized carbons (Fsp3) is 0.462. The highest BCUT2D eigenvalue weighted by Crippen LogP contribution is 2.24. The number of Topliss-reactive ketones (excluding diaryl/α,β-unsaturated/α-hetero) is 1. The molecule has 18 heavy (non-hydrogen) atoms. The molecule has 98 valence electrons. The van der Waals surface area contributed by atoms with E-state index in [1.807, 2.05) is 25.1 Å². The molecule has 0 radical (unpaired) electrons. The highest BCUT2D eigenvalue weighted by molar-refractivity contribution is 8.06. The lowest BCUT2D eigenvalue weighted by Gasteiger charge is -2.16. The van der Waals surface area contributed by atoms with Crippen LogP contribution in [0.25, 0.3) is 0 Å². The van der Waals surface area contributed by atoms with Gasteiger partial charge in [-0.05, 0) is 5.92 Å². The number of hydrogen-bond donors (Lipinski definition) is 0. The Morgan fingerprint density at radius 1 is 1.22 bits per heavy atom. The number of carbonyl (C=O) groups excluding carboxylic acids is 1. The molecular formula is C13H16O3S2. The van der Waals surface area contributed by atoms with E-state index in [9.17, 15) is 13.2 Å². The van der Waals surface area contributed by atoms with E-state index in [0.717, 1.165) is 0 Å². The minimum atomic E-state index is -1.05. The lowest BCUT2D eigenvalue weighted by Crippen LogP contribution is -2.25. The predicted molar refractivity (Wildman–Crippen MR) is 74.4 cm³/mol. The average Bonchev–Trinajstić information content (AvgIpc) is 2.70. The highest BCUT2D eigenvalue weighted by Gasteiger charge is 2.35. The van der Waals surface area contributed by atoms with Crippen molar-refractivity contribution in [3.63, 3.8) is 0 Å². The largest absolute Gasteiger partial charge is 0.294 e. The van der Waals surface area contributed by atoms with E-state index >= 15 is 0 Å². The van der Waals surface area contributed by atoms with Gasteiger partial charge < -0.3 is 0 Å². The Morgan fingerprint density at radius 2 is 1.78 bits per heavy atom. The molecule has 1 aliphatic heterocycles. The van der Waals surface area contributed by atoms with Crippen LogP contribution in [0, 0.1) is 5.92 Å². The summed E-state index contributed by atoms with van der Waals surface area (Å²) in [6.07, 6.45) is 0.312. The van der Waals surface area contributed by atoms with Gasteiger partial charge in [-0.1, -0.05) is 37.3 Å². The SMILES string of the molecule is C[C@@H](CC(=O)c1ccccc1)C1[S@](=O)CC[S@]1=O. The molecule has 0 amide bonds. The molecule has 0 aromatic heterocycles. The van der Waals surface area contributed by atoms with Crippen molar-refractivity contribution in [2.45, 2.75) is 17.9 Å². The van der Waals surface area contributed by atoms with Crippen LogP contribution < -0.4 is 0 Å². The van der Waals surface area contributed by atoms with Crippen molar-refractivity contribution in [3.8, 4) is 0 Å². The molecule has 1 aliphatic rings. The minimum absolute atomic E-state index is 0.0315. The molecule has 0 unspecified atom stereocenters. The summed E-state index contributed by atoms with van der Waals surface area (Å²) in [6.45, 7) is 1.87. The van der Waals surface area contributed by atoms with Gasteiger partial charge >= 0.3 is 0 Å².